The number of nitrogens with zero attached hydrogens (tertiary/aromatic N) is 4. The van der Waals surface area contributed by atoms with Crippen LogP contribution in [0.5, 0.6) is 0 Å². The lowest BCUT2D eigenvalue weighted by molar-refractivity contribution is -0.132. The van der Waals surface area contributed by atoms with Crippen LogP contribution in [-0.4, -0.2) is 80.6 Å². The first-order valence-corrected chi connectivity index (χ1v) is 8.94. The van der Waals surface area contributed by atoms with Crippen molar-refractivity contribution >= 4 is 17.9 Å². The van der Waals surface area contributed by atoms with Crippen LogP contribution >= 0.6 is 0 Å². The van der Waals surface area contributed by atoms with Crippen molar-refractivity contribution in [3.63, 3.8) is 0 Å². The molecule has 0 saturated carbocycles. The Hall–Kier alpha value is -4.57. The summed E-state index contributed by atoms with van der Waals surface area (Å²) in [5, 5.41) is 86.1. The summed E-state index contributed by atoms with van der Waals surface area (Å²) < 4.78 is 5.17. The predicted molar refractivity (Wildman–Crippen MR) is 116 cm³/mol. The lowest BCUT2D eigenvalue weighted by Gasteiger charge is -2.35. The average Bonchev–Trinajstić information content (AvgIpc) is 2.86. The summed E-state index contributed by atoms with van der Waals surface area (Å²) in [6.45, 7) is 8.31. The summed E-state index contributed by atoms with van der Waals surface area (Å²) in [4.78, 5) is 27.8. The Balaban J connectivity index is -0.000000258. The number of aliphatic hydroxyl groups is 3. The molecule has 0 aliphatic heterocycles. The van der Waals surface area contributed by atoms with Crippen LogP contribution < -0.4 is 0 Å². The van der Waals surface area contributed by atoms with E-state index in [4.69, 9.17) is 41.1 Å². The number of hydrogen-bond donors (Lipinski definition) is 6. The van der Waals surface area contributed by atoms with E-state index in [0.717, 1.165) is 18.2 Å². The SMILES string of the molecule is C=CC(=O)O.C=CC(=O)O.C=CC(=O)O.CC(OC(C#N)C(C#N)(C#N)C#N)C(CO)(CO)CO. The van der Waals surface area contributed by atoms with E-state index in [-0.39, 0.29) is 0 Å². The Morgan fingerprint density at radius 1 is 0.800 bits per heavy atom. The second-order valence-electron chi connectivity index (χ2n) is 5.89. The van der Waals surface area contributed by atoms with Crippen molar-refractivity contribution in [1.82, 2.24) is 0 Å². The van der Waals surface area contributed by atoms with Gasteiger partial charge in [-0.05, 0) is 6.92 Å². The molecular weight excluding hydrogens is 468 g/mol. The highest BCUT2D eigenvalue weighted by Gasteiger charge is 2.46. The van der Waals surface area contributed by atoms with Gasteiger partial charge in [-0.2, -0.15) is 21.0 Å². The lowest BCUT2D eigenvalue weighted by atomic mass is 9.83. The number of hydrogen-bond acceptors (Lipinski definition) is 11. The molecule has 0 aromatic rings. The lowest BCUT2D eigenvalue weighted by Crippen LogP contribution is -2.48. The van der Waals surface area contributed by atoms with Crippen molar-refractivity contribution in [3.8, 4) is 24.3 Å². The van der Waals surface area contributed by atoms with E-state index in [1.165, 1.54) is 31.2 Å². The molecule has 2 atom stereocenters. The normalized spacial score (nSPS) is 10.9. The van der Waals surface area contributed by atoms with Crippen LogP contribution in [0.2, 0.25) is 0 Å². The van der Waals surface area contributed by atoms with Gasteiger partial charge in [-0.3, -0.25) is 0 Å². The Morgan fingerprint density at radius 3 is 1.20 bits per heavy atom. The quantitative estimate of drug-likeness (QED) is 0.210. The first-order valence-electron chi connectivity index (χ1n) is 8.94. The van der Waals surface area contributed by atoms with Crippen molar-refractivity contribution in [1.29, 1.82) is 21.0 Å². The maximum Gasteiger partial charge on any atom is 0.327 e. The van der Waals surface area contributed by atoms with Crippen molar-refractivity contribution in [3.05, 3.63) is 38.0 Å². The van der Waals surface area contributed by atoms with Gasteiger partial charge in [-0.1, -0.05) is 19.7 Å². The van der Waals surface area contributed by atoms with Gasteiger partial charge in [0.25, 0.3) is 5.41 Å². The number of aliphatic hydroxyl groups excluding tert-OH is 3. The number of rotatable bonds is 10. The summed E-state index contributed by atoms with van der Waals surface area (Å²) in [6, 6.07) is 5.80. The first-order chi connectivity index (χ1) is 16.3. The van der Waals surface area contributed by atoms with Crippen LogP contribution in [0.4, 0.5) is 0 Å². The number of nitriles is 4. The maximum absolute atomic E-state index is 9.25. The highest BCUT2D eigenvalue weighted by Crippen LogP contribution is 2.29. The molecular formula is C21H26N4O10. The number of carboxylic acids is 3. The highest BCUT2D eigenvalue weighted by atomic mass is 16.5. The summed E-state index contributed by atoms with van der Waals surface area (Å²) in [5.74, 6) is -2.94. The zero-order chi connectivity index (χ0) is 28.7. The summed E-state index contributed by atoms with van der Waals surface area (Å²) in [7, 11) is 0. The maximum atomic E-state index is 9.25. The third-order valence-corrected chi connectivity index (χ3v) is 3.71. The molecule has 14 nitrogen and oxygen atoms in total. The minimum absolute atomic E-state index is 0.641. The van der Waals surface area contributed by atoms with Gasteiger partial charge in [0.15, 0.2) is 6.10 Å². The Bertz CT molecular complexity index is 799. The zero-order valence-electron chi connectivity index (χ0n) is 18.7. The molecule has 0 bridgehead atoms. The third kappa shape index (κ3) is 15.8. The predicted octanol–water partition coefficient (Wildman–Crippen LogP) is -0.425. The van der Waals surface area contributed by atoms with Crippen molar-refractivity contribution in [2.45, 2.75) is 19.1 Å². The van der Waals surface area contributed by atoms with E-state index in [1.807, 2.05) is 0 Å². The fraction of sp³-hybridized carbons (Fsp3) is 0.381. The third-order valence-electron chi connectivity index (χ3n) is 3.71. The Morgan fingerprint density at radius 2 is 1.06 bits per heavy atom. The molecule has 35 heavy (non-hydrogen) atoms. The first kappa shape index (κ1) is 37.7. The number of carboxylic acid groups (broad SMARTS) is 3. The monoisotopic (exact) mass is 494 g/mol. The largest absolute Gasteiger partial charge is 0.478 e. The van der Waals surface area contributed by atoms with Crippen LogP contribution in [0.1, 0.15) is 6.92 Å². The Labute approximate surface area is 201 Å². The van der Waals surface area contributed by atoms with Crippen LogP contribution in [0, 0.1) is 56.2 Å². The van der Waals surface area contributed by atoms with E-state index < -0.39 is 60.8 Å². The fourth-order valence-electron chi connectivity index (χ4n) is 1.36. The van der Waals surface area contributed by atoms with Gasteiger partial charge in [-0.15, -0.1) is 0 Å². The summed E-state index contributed by atoms with van der Waals surface area (Å²) in [6.07, 6.45) is -0.275. The molecule has 0 radical (unpaired) electrons. The molecule has 0 aliphatic rings. The smallest absolute Gasteiger partial charge is 0.327 e. The molecule has 0 fully saturated rings. The minimum Gasteiger partial charge on any atom is -0.478 e. The molecule has 0 heterocycles. The summed E-state index contributed by atoms with van der Waals surface area (Å²) >= 11 is 0. The molecule has 0 spiro atoms. The van der Waals surface area contributed by atoms with E-state index >= 15 is 0 Å². The van der Waals surface area contributed by atoms with Gasteiger partial charge in [-0.25, -0.2) is 14.4 Å². The van der Waals surface area contributed by atoms with Crippen LogP contribution in [0.15, 0.2) is 38.0 Å². The van der Waals surface area contributed by atoms with E-state index in [9.17, 15) is 29.7 Å². The molecule has 6 N–H and O–H groups in total. The van der Waals surface area contributed by atoms with Crippen LogP contribution in [0.25, 0.3) is 0 Å². The molecule has 2 unspecified atom stereocenters. The molecule has 0 amide bonds. The van der Waals surface area contributed by atoms with Gasteiger partial charge in [0.2, 0.25) is 0 Å². The standard InChI is InChI=1S/C12H14N4O4.3C3H4O2/c1-9(12(6-17,7-18)8-19)20-10(2-13)11(3-14,4-15)5-16;3*1-2-3(4)5/h9-10,17-19H,6-8H2,1H3;3*2H,1H2,(H,4,5). The van der Waals surface area contributed by atoms with Crippen molar-refractivity contribution < 1.29 is 49.8 Å². The molecule has 190 valence electrons. The van der Waals surface area contributed by atoms with Crippen LogP contribution in [-0.2, 0) is 19.1 Å². The van der Waals surface area contributed by atoms with E-state index in [0.29, 0.717) is 0 Å². The van der Waals surface area contributed by atoms with E-state index in [1.54, 1.807) is 0 Å². The minimum atomic E-state index is -2.32. The fourth-order valence-corrected chi connectivity index (χ4v) is 1.36. The van der Waals surface area contributed by atoms with Crippen LogP contribution in [0.3, 0.4) is 0 Å². The second kappa shape index (κ2) is 21.3. The van der Waals surface area contributed by atoms with Gasteiger partial charge in [0.1, 0.15) is 18.2 Å². The molecule has 0 saturated heterocycles. The Kier molecular flexibility index (Phi) is 22.9. The summed E-state index contributed by atoms with van der Waals surface area (Å²) in [5.41, 5.74) is -3.78. The van der Waals surface area contributed by atoms with Crippen molar-refractivity contribution in [2.75, 3.05) is 19.8 Å². The van der Waals surface area contributed by atoms with E-state index in [2.05, 4.69) is 19.7 Å². The number of ether oxygens (including phenoxy) is 1. The van der Waals surface area contributed by atoms with Crippen molar-refractivity contribution in [2.24, 2.45) is 10.8 Å². The average molecular weight is 494 g/mol. The molecule has 0 aromatic heterocycles. The zero-order valence-corrected chi connectivity index (χ0v) is 18.7. The highest BCUT2D eigenvalue weighted by molar-refractivity contribution is 5.79. The molecule has 0 aliphatic carbocycles. The number of aliphatic carboxylic acids is 3. The van der Waals surface area contributed by atoms with Gasteiger partial charge in [0.05, 0.1) is 37.4 Å². The molecule has 0 aromatic carbocycles. The number of carbonyl (C=O) groups is 3. The second-order valence-corrected chi connectivity index (χ2v) is 5.89. The van der Waals surface area contributed by atoms with Gasteiger partial charge in [0, 0.05) is 18.2 Å². The molecule has 14 heteroatoms. The molecule has 0 rings (SSSR count). The van der Waals surface area contributed by atoms with Gasteiger partial charge < -0.3 is 35.4 Å². The topological polar surface area (TPSA) is 277 Å². The van der Waals surface area contributed by atoms with Gasteiger partial charge >= 0.3 is 17.9 Å².